The van der Waals surface area contributed by atoms with E-state index in [1.807, 2.05) is 36.4 Å². The summed E-state index contributed by atoms with van der Waals surface area (Å²) in [7, 11) is 0. The van der Waals surface area contributed by atoms with Gasteiger partial charge in [0.1, 0.15) is 0 Å². The standard InChI is InChI=1S/C16H15ClN2O/c17-16-12-6-9-15(20)19(14(12)8-7-13(16)18)10-11-4-2-1-3-5-11/h1-5,7-8H,6,9-10,18H2. The van der Waals surface area contributed by atoms with E-state index in [-0.39, 0.29) is 5.91 Å². The number of hydrogen-bond acceptors (Lipinski definition) is 2. The number of carbonyl (C=O) groups excluding carboxylic acids is 1. The lowest BCUT2D eigenvalue weighted by Gasteiger charge is -2.30. The largest absolute Gasteiger partial charge is 0.398 e. The van der Waals surface area contributed by atoms with Crippen molar-refractivity contribution in [2.45, 2.75) is 19.4 Å². The molecular formula is C16H15ClN2O. The van der Waals surface area contributed by atoms with Crippen LogP contribution >= 0.6 is 11.6 Å². The molecule has 2 N–H and O–H groups in total. The van der Waals surface area contributed by atoms with Gasteiger partial charge in [0.05, 0.1) is 17.3 Å². The first kappa shape index (κ1) is 13.0. The third-order valence-corrected chi connectivity index (χ3v) is 4.06. The van der Waals surface area contributed by atoms with Crippen LogP contribution in [0.2, 0.25) is 5.02 Å². The molecule has 0 fully saturated rings. The summed E-state index contributed by atoms with van der Waals surface area (Å²) in [6.07, 6.45) is 1.13. The lowest BCUT2D eigenvalue weighted by Crippen LogP contribution is -2.34. The molecule has 0 atom stereocenters. The molecule has 2 aromatic rings. The van der Waals surface area contributed by atoms with Gasteiger partial charge >= 0.3 is 0 Å². The molecule has 102 valence electrons. The van der Waals surface area contributed by atoms with Crippen LogP contribution in [0, 0.1) is 0 Å². The maximum atomic E-state index is 12.2. The minimum Gasteiger partial charge on any atom is -0.398 e. The fourth-order valence-electron chi connectivity index (χ4n) is 2.56. The SMILES string of the molecule is Nc1ccc2c(c1Cl)CCC(=O)N2Cc1ccccc1. The number of amides is 1. The summed E-state index contributed by atoms with van der Waals surface area (Å²) >= 11 is 6.26. The molecule has 3 rings (SSSR count). The monoisotopic (exact) mass is 286 g/mol. The van der Waals surface area contributed by atoms with E-state index in [2.05, 4.69) is 0 Å². The molecule has 3 nitrogen and oxygen atoms in total. The smallest absolute Gasteiger partial charge is 0.227 e. The molecule has 0 unspecified atom stereocenters. The summed E-state index contributed by atoms with van der Waals surface area (Å²) in [4.78, 5) is 14.0. The molecule has 0 aromatic heterocycles. The van der Waals surface area contributed by atoms with Crippen molar-refractivity contribution in [1.82, 2.24) is 0 Å². The average Bonchev–Trinajstić information content (AvgIpc) is 2.47. The van der Waals surface area contributed by atoms with Crippen molar-refractivity contribution in [2.75, 3.05) is 10.6 Å². The van der Waals surface area contributed by atoms with Gasteiger partial charge in [-0.2, -0.15) is 0 Å². The van der Waals surface area contributed by atoms with Crippen molar-refractivity contribution in [3.63, 3.8) is 0 Å². The van der Waals surface area contributed by atoms with Crippen molar-refractivity contribution < 1.29 is 4.79 Å². The second kappa shape index (κ2) is 5.17. The Bertz CT molecular complexity index is 655. The number of nitrogens with two attached hydrogens (primary N) is 1. The Hall–Kier alpha value is -2.00. The molecule has 0 radical (unpaired) electrons. The van der Waals surface area contributed by atoms with E-state index in [1.165, 1.54) is 0 Å². The summed E-state index contributed by atoms with van der Waals surface area (Å²) in [5.74, 6) is 0.127. The third-order valence-electron chi connectivity index (χ3n) is 3.61. The van der Waals surface area contributed by atoms with Gasteiger partial charge in [0, 0.05) is 12.1 Å². The highest BCUT2D eigenvalue weighted by atomic mass is 35.5. The molecule has 4 heteroatoms. The van der Waals surface area contributed by atoms with E-state index in [9.17, 15) is 4.79 Å². The predicted octanol–water partition coefficient (Wildman–Crippen LogP) is 3.40. The maximum Gasteiger partial charge on any atom is 0.227 e. The average molecular weight is 287 g/mol. The van der Waals surface area contributed by atoms with Crippen molar-refractivity contribution in [3.05, 3.63) is 58.6 Å². The van der Waals surface area contributed by atoms with E-state index in [0.717, 1.165) is 16.8 Å². The summed E-state index contributed by atoms with van der Waals surface area (Å²) < 4.78 is 0. The number of anilines is 2. The van der Waals surface area contributed by atoms with Gasteiger partial charge in [-0.3, -0.25) is 4.79 Å². The van der Waals surface area contributed by atoms with Crippen molar-refractivity contribution in [1.29, 1.82) is 0 Å². The van der Waals surface area contributed by atoms with Crippen LogP contribution in [0.3, 0.4) is 0 Å². The van der Waals surface area contributed by atoms with Crippen LogP contribution < -0.4 is 10.6 Å². The van der Waals surface area contributed by atoms with Crippen molar-refractivity contribution in [3.8, 4) is 0 Å². The molecule has 1 aliphatic heterocycles. The van der Waals surface area contributed by atoms with E-state index < -0.39 is 0 Å². The van der Waals surface area contributed by atoms with Gasteiger partial charge in [-0.05, 0) is 29.7 Å². The van der Waals surface area contributed by atoms with Crippen molar-refractivity contribution in [2.24, 2.45) is 0 Å². The first-order valence-corrected chi connectivity index (χ1v) is 6.96. The van der Waals surface area contributed by atoms with Gasteiger partial charge in [-0.15, -0.1) is 0 Å². The number of nitrogen functional groups attached to an aromatic ring is 1. The first-order valence-electron chi connectivity index (χ1n) is 6.58. The molecule has 2 aromatic carbocycles. The summed E-state index contributed by atoms with van der Waals surface area (Å²) in [5, 5.41) is 0.577. The third kappa shape index (κ3) is 2.25. The molecule has 0 bridgehead atoms. The highest BCUT2D eigenvalue weighted by Gasteiger charge is 2.26. The Balaban J connectivity index is 2.00. The number of halogens is 1. The van der Waals surface area contributed by atoms with Gasteiger partial charge in [-0.25, -0.2) is 0 Å². The zero-order valence-electron chi connectivity index (χ0n) is 11.0. The molecular weight excluding hydrogens is 272 g/mol. The summed E-state index contributed by atoms with van der Waals surface area (Å²) in [6.45, 7) is 0.562. The molecule has 1 aliphatic rings. The predicted molar refractivity (Wildman–Crippen MR) is 81.8 cm³/mol. The summed E-state index contributed by atoms with van der Waals surface area (Å²) in [6, 6.07) is 13.6. The van der Waals surface area contributed by atoms with Gasteiger partial charge in [0.2, 0.25) is 5.91 Å². The Labute approximate surface area is 123 Å². The van der Waals surface area contributed by atoms with Crippen LogP contribution in [0.15, 0.2) is 42.5 Å². The summed E-state index contributed by atoms with van der Waals surface area (Å²) in [5.41, 5.74) is 9.36. The van der Waals surface area contributed by atoms with Crippen molar-refractivity contribution >= 4 is 28.9 Å². The number of nitrogens with zero attached hydrogens (tertiary/aromatic N) is 1. The van der Waals surface area contributed by atoms with Gasteiger partial charge in [0.25, 0.3) is 0 Å². The number of rotatable bonds is 2. The fourth-order valence-corrected chi connectivity index (χ4v) is 2.81. The Morgan fingerprint density at radius 1 is 1.10 bits per heavy atom. The Morgan fingerprint density at radius 3 is 2.60 bits per heavy atom. The van der Waals surface area contributed by atoms with Crippen LogP contribution in [-0.4, -0.2) is 5.91 Å². The zero-order valence-corrected chi connectivity index (χ0v) is 11.7. The molecule has 0 saturated heterocycles. The normalized spacial score (nSPS) is 14.2. The highest BCUT2D eigenvalue weighted by Crippen LogP contribution is 2.37. The van der Waals surface area contributed by atoms with Crippen LogP contribution in [-0.2, 0) is 17.8 Å². The van der Waals surface area contributed by atoms with Gasteiger partial charge < -0.3 is 10.6 Å². The molecule has 1 heterocycles. The number of carbonyl (C=O) groups is 1. The van der Waals surface area contributed by atoms with E-state index in [0.29, 0.717) is 30.1 Å². The maximum absolute atomic E-state index is 12.2. The number of benzene rings is 2. The topological polar surface area (TPSA) is 46.3 Å². The lowest BCUT2D eigenvalue weighted by molar-refractivity contribution is -0.119. The van der Waals surface area contributed by atoms with Crippen LogP contribution in [0.4, 0.5) is 11.4 Å². The molecule has 20 heavy (non-hydrogen) atoms. The fraction of sp³-hybridized carbons (Fsp3) is 0.188. The van der Waals surface area contributed by atoms with Gasteiger partial charge in [-0.1, -0.05) is 41.9 Å². The quantitative estimate of drug-likeness (QED) is 0.860. The number of hydrogen-bond donors (Lipinski definition) is 1. The minimum atomic E-state index is 0.127. The zero-order chi connectivity index (χ0) is 14.1. The first-order chi connectivity index (χ1) is 9.66. The minimum absolute atomic E-state index is 0.127. The Kier molecular flexibility index (Phi) is 3.36. The van der Waals surface area contributed by atoms with Crippen LogP contribution in [0.25, 0.3) is 0 Å². The number of fused-ring (bicyclic) bond motifs is 1. The van der Waals surface area contributed by atoms with E-state index in [1.54, 1.807) is 11.0 Å². The molecule has 0 aliphatic carbocycles. The van der Waals surface area contributed by atoms with Crippen LogP contribution in [0.5, 0.6) is 0 Å². The molecule has 0 saturated carbocycles. The van der Waals surface area contributed by atoms with Crippen LogP contribution in [0.1, 0.15) is 17.5 Å². The second-order valence-electron chi connectivity index (χ2n) is 4.93. The lowest BCUT2D eigenvalue weighted by atomic mass is 9.99. The molecule has 0 spiro atoms. The Morgan fingerprint density at radius 2 is 1.85 bits per heavy atom. The van der Waals surface area contributed by atoms with E-state index >= 15 is 0 Å². The van der Waals surface area contributed by atoms with E-state index in [4.69, 9.17) is 17.3 Å². The second-order valence-corrected chi connectivity index (χ2v) is 5.31. The molecule has 1 amide bonds. The highest BCUT2D eigenvalue weighted by molar-refractivity contribution is 6.34. The van der Waals surface area contributed by atoms with Gasteiger partial charge in [0.15, 0.2) is 0 Å².